The number of nitrogen functional groups attached to an aromatic ring is 1. The normalized spacial score (nSPS) is 16.6. The van der Waals surface area contributed by atoms with Crippen LogP contribution in [0.15, 0.2) is 24.3 Å². The lowest BCUT2D eigenvalue weighted by Crippen LogP contribution is -2.43. The maximum atomic E-state index is 12.3. The summed E-state index contributed by atoms with van der Waals surface area (Å²) in [6, 6.07) is 7.44. The number of amides is 1. The van der Waals surface area contributed by atoms with Gasteiger partial charge < -0.3 is 16.2 Å². The van der Waals surface area contributed by atoms with Gasteiger partial charge in [0.25, 0.3) is 5.97 Å². The molecule has 1 heterocycles. The molecule has 25 heavy (non-hydrogen) atoms. The summed E-state index contributed by atoms with van der Waals surface area (Å²) in [5, 5.41) is 17.8. The second-order valence-corrected chi connectivity index (χ2v) is 6.04. The van der Waals surface area contributed by atoms with Gasteiger partial charge in [0.1, 0.15) is 5.84 Å². The Morgan fingerprint density at radius 3 is 2.48 bits per heavy atom. The number of hydrogen-bond acceptors (Lipinski definition) is 4. The molecule has 1 amide bonds. The molecular formula is C18H28N4O3. The van der Waals surface area contributed by atoms with Crippen LogP contribution >= 0.6 is 0 Å². The average Bonchev–Trinajstić information content (AvgIpc) is 3.01. The van der Waals surface area contributed by atoms with E-state index in [0.717, 1.165) is 44.8 Å². The van der Waals surface area contributed by atoms with Gasteiger partial charge in [-0.15, -0.1) is 0 Å². The van der Waals surface area contributed by atoms with Crippen molar-refractivity contribution in [2.45, 2.75) is 45.7 Å². The van der Waals surface area contributed by atoms with E-state index in [0.29, 0.717) is 12.1 Å². The highest BCUT2D eigenvalue weighted by molar-refractivity contribution is 5.94. The molecule has 0 aliphatic carbocycles. The molecule has 0 spiro atoms. The predicted molar refractivity (Wildman–Crippen MR) is 97.5 cm³/mol. The Kier molecular flexibility index (Phi) is 8.63. The Balaban J connectivity index is 0.000000705. The number of benzene rings is 1. The molecule has 1 aromatic carbocycles. The quantitative estimate of drug-likeness (QED) is 0.459. The van der Waals surface area contributed by atoms with E-state index in [1.807, 2.05) is 24.3 Å². The molecule has 1 aromatic rings. The highest BCUT2D eigenvalue weighted by Crippen LogP contribution is 2.17. The van der Waals surface area contributed by atoms with Crippen molar-refractivity contribution in [2.24, 2.45) is 5.73 Å². The van der Waals surface area contributed by atoms with Gasteiger partial charge in [-0.2, -0.15) is 0 Å². The Morgan fingerprint density at radius 2 is 1.96 bits per heavy atom. The molecule has 1 aliphatic heterocycles. The van der Waals surface area contributed by atoms with Gasteiger partial charge in [0, 0.05) is 19.0 Å². The number of amidine groups is 1. The van der Waals surface area contributed by atoms with Crippen LogP contribution in [-0.4, -0.2) is 46.8 Å². The number of aliphatic carboxylic acids is 1. The molecule has 0 aromatic heterocycles. The van der Waals surface area contributed by atoms with Crippen LogP contribution in [0.2, 0.25) is 0 Å². The Morgan fingerprint density at radius 1 is 1.36 bits per heavy atom. The molecular weight excluding hydrogens is 320 g/mol. The Labute approximate surface area is 148 Å². The lowest BCUT2D eigenvalue weighted by Gasteiger charge is -2.23. The van der Waals surface area contributed by atoms with Crippen LogP contribution in [-0.2, 0) is 16.1 Å². The molecule has 7 nitrogen and oxygen atoms in total. The molecule has 7 heteroatoms. The summed E-state index contributed by atoms with van der Waals surface area (Å²) in [7, 11) is 0. The SMILES string of the molecule is CC(=O)O.CCCN1CCC[C@H]1C(=O)NCc1ccc(C(=N)N)cc1. The molecule has 0 radical (unpaired) electrons. The minimum atomic E-state index is -0.833. The average molecular weight is 348 g/mol. The summed E-state index contributed by atoms with van der Waals surface area (Å²) >= 11 is 0. The number of likely N-dealkylation sites (tertiary alicyclic amines) is 1. The van der Waals surface area contributed by atoms with Gasteiger partial charge >= 0.3 is 0 Å². The standard InChI is InChI=1S/C16H24N4O.C2H4O2/c1-2-9-20-10-3-4-14(20)16(21)19-11-12-5-7-13(8-6-12)15(17)18;1-2(3)4/h5-8,14H,2-4,9-11H2,1H3,(H3,17,18)(H,19,21);1H3,(H,3,4)/t14-;/m0./s1. The number of carboxylic acids is 1. The topological polar surface area (TPSA) is 120 Å². The van der Waals surface area contributed by atoms with E-state index in [2.05, 4.69) is 17.1 Å². The summed E-state index contributed by atoms with van der Waals surface area (Å²) < 4.78 is 0. The number of carboxylic acid groups (broad SMARTS) is 1. The summed E-state index contributed by atoms with van der Waals surface area (Å²) in [6.07, 6.45) is 3.14. The molecule has 138 valence electrons. The monoisotopic (exact) mass is 348 g/mol. The van der Waals surface area contributed by atoms with Crippen LogP contribution < -0.4 is 11.1 Å². The summed E-state index contributed by atoms with van der Waals surface area (Å²) in [6.45, 7) is 5.77. The van der Waals surface area contributed by atoms with Crippen LogP contribution in [0.3, 0.4) is 0 Å². The van der Waals surface area contributed by atoms with Crippen molar-refractivity contribution in [1.29, 1.82) is 5.41 Å². The van der Waals surface area contributed by atoms with E-state index in [-0.39, 0.29) is 17.8 Å². The predicted octanol–water partition coefficient (Wildman–Crippen LogP) is 1.55. The van der Waals surface area contributed by atoms with Gasteiger partial charge in [0.2, 0.25) is 5.91 Å². The van der Waals surface area contributed by atoms with Crippen molar-refractivity contribution in [2.75, 3.05) is 13.1 Å². The molecule has 5 N–H and O–H groups in total. The van der Waals surface area contributed by atoms with Gasteiger partial charge in [-0.1, -0.05) is 31.2 Å². The molecule has 2 rings (SSSR count). The molecule has 0 bridgehead atoms. The van der Waals surface area contributed by atoms with E-state index in [4.69, 9.17) is 21.0 Å². The molecule has 0 unspecified atom stereocenters. The third kappa shape index (κ3) is 7.34. The maximum absolute atomic E-state index is 12.3. The summed E-state index contributed by atoms with van der Waals surface area (Å²) in [4.78, 5) is 23.5. The number of nitrogens with zero attached hydrogens (tertiary/aromatic N) is 1. The number of carbonyl (C=O) groups excluding carboxylic acids is 1. The second-order valence-electron chi connectivity index (χ2n) is 6.04. The van der Waals surface area contributed by atoms with Crippen molar-refractivity contribution in [1.82, 2.24) is 10.2 Å². The van der Waals surface area contributed by atoms with Crippen molar-refractivity contribution in [3.8, 4) is 0 Å². The molecule has 1 fully saturated rings. The van der Waals surface area contributed by atoms with Gasteiger partial charge in [-0.05, 0) is 37.9 Å². The van der Waals surface area contributed by atoms with Gasteiger partial charge in [-0.3, -0.25) is 19.9 Å². The number of hydrogen-bond donors (Lipinski definition) is 4. The fourth-order valence-electron chi connectivity index (χ4n) is 2.79. The van der Waals surface area contributed by atoms with E-state index < -0.39 is 5.97 Å². The third-order valence-electron chi connectivity index (χ3n) is 3.91. The highest BCUT2D eigenvalue weighted by atomic mass is 16.4. The van der Waals surface area contributed by atoms with Gasteiger partial charge in [0.15, 0.2) is 0 Å². The first-order valence-electron chi connectivity index (χ1n) is 8.49. The zero-order valence-corrected chi connectivity index (χ0v) is 14.9. The van der Waals surface area contributed by atoms with Crippen molar-refractivity contribution in [3.05, 3.63) is 35.4 Å². The van der Waals surface area contributed by atoms with Gasteiger partial charge in [0.05, 0.1) is 6.04 Å². The molecule has 0 saturated carbocycles. The lowest BCUT2D eigenvalue weighted by atomic mass is 10.1. The highest BCUT2D eigenvalue weighted by Gasteiger charge is 2.29. The van der Waals surface area contributed by atoms with Crippen LogP contribution in [0, 0.1) is 5.41 Å². The second kappa shape index (κ2) is 10.5. The minimum Gasteiger partial charge on any atom is -0.481 e. The van der Waals surface area contributed by atoms with E-state index >= 15 is 0 Å². The largest absolute Gasteiger partial charge is 0.481 e. The number of carbonyl (C=O) groups is 2. The van der Waals surface area contributed by atoms with Crippen LogP contribution in [0.4, 0.5) is 0 Å². The lowest BCUT2D eigenvalue weighted by molar-refractivity contribution is -0.134. The zero-order valence-electron chi connectivity index (χ0n) is 14.9. The van der Waals surface area contributed by atoms with Crippen molar-refractivity contribution >= 4 is 17.7 Å². The van der Waals surface area contributed by atoms with E-state index in [9.17, 15) is 4.79 Å². The zero-order chi connectivity index (χ0) is 18.8. The summed E-state index contributed by atoms with van der Waals surface area (Å²) in [5.41, 5.74) is 7.15. The molecule has 1 aliphatic rings. The Hall–Kier alpha value is -2.41. The molecule has 1 saturated heterocycles. The fourth-order valence-corrected chi connectivity index (χ4v) is 2.79. The maximum Gasteiger partial charge on any atom is 0.300 e. The first kappa shape index (κ1) is 20.6. The van der Waals surface area contributed by atoms with Crippen LogP contribution in [0.1, 0.15) is 44.2 Å². The number of nitrogens with one attached hydrogen (secondary N) is 2. The van der Waals surface area contributed by atoms with E-state index in [1.54, 1.807) is 0 Å². The number of nitrogens with two attached hydrogens (primary N) is 1. The fraction of sp³-hybridized carbons (Fsp3) is 0.500. The number of rotatable bonds is 6. The first-order valence-corrected chi connectivity index (χ1v) is 8.49. The molecule has 1 atom stereocenters. The third-order valence-corrected chi connectivity index (χ3v) is 3.91. The van der Waals surface area contributed by atoms with Crippen molar-refractivity contribution in [3.63, 3.8) is 0 Å². The van der Waals surface area contributed by atoms with Gasteiger partial charge in [-0.25, -0.2) is 0 Å². The minimum absolute atomic E-state index is 0.0291. The smallest absolute Gasteiger partial charge is 0.300 e. The summed E-state index contributed by atoms with van der Waals surface area (Å²) in [5.74, 6) is -0.650. The van der Waals surface area contributed by atoms with E-state index in [1.165, 1.54) is 0 Å². The Bertz CT molecular complexity index is 582. The van der Waals surface area contributed by atoms with Crippen molar-refractivity contribution < 1.29 is 14.7 Å². The van der Waals surface area contributed by atoms with Crippen LogP contribution in [0.5, 0.6) is 0 Å². The first-order chi connectivity index (χ1) is 11.8. The van der Waals surface area contributed by atoms with Crippen LogP contribution in [0.25, 0.3) is 0 Å².